The van der Waals surface area contributed by atoms with Crippen LogP contribution in [0.2, 0.25) is 0 Å². The van der Waals surface area contributed by atoms with Gasteiger partial charge in [0.05, 0.1) is 5.69 Å². The number of nitrogens with zero attached hydrogens (tertiary/aromatic N) is 3. The number of carbonyl (C=O) groups excluding carboxylic acids is 1. The summed E-state index contributed by atoms with van der Waals surface area (Å²) in [6, 6.07) is 4.39. The number of aromatic nitrogens is 2. The van der Waals surface area contributed by atoms with E-state index < -0.39 is 0 Å². The number of amides is 1. The average Bonchev–Trinajstić information content (AvgIpc) is 2.92. The maximum atomic E-state index is 13.3. The lowest BCUT2D eigenvalue weighted by Crippen LogP contribution is -2.39. The van der Waals surface area contributed by atoms with E-state index in [9.17, 15) is 4.79 Å². The molecule has 24 heavy (non-hydrogen) atoms. The Morgan fingerprint density at radius 3 is 2.92 bits per heavy atom. The van der Waals surface area contributed by atoms with Crippen LogP contribution in [0.1, 0.15) is 41.0 Å². The fourth-order valence-electron chi connectivity index (χ4n) is 4.09. The molecule has 1 aliphatic carbocycles. The summed E-state index contributed by atoms with van der Waals surface area (Å²) >= 11 is 1.69. The summed E-state index contributed by atoms with van der Waals surface area (Å²) in [5, 5.41) is 12.0. The van der Waals surface area contributed by atoms with E-state index in [0.717, 1.165) is 25.2 Å². The minimum Gasteiger partial charge on any atom is -0.329 e. The Labute approximate surface area is 146 Å². The van der Waals surface area contributed by atoms with E-state index in [4.69, 9.17) is 0 Å². The van der Waals surface area contributed by atoms with Crippen LogP contribution in [-0.2, 0) is 13.6 Å². The largest absolute Gasteiger partial charge is 0.329 e. The molecule has 1 unspecified atom stereocenters. The van der Waals surface area contributed by atoms with Crippen LogP contribution in [0.25, 0.3) is 0 Å². The number of nitrogens with one attached hydrogen (secondary N) is 1. The molecule has 2 aromatic heterocycles. The van der Waals surface area contributed by atoms with E-state index in [1.54, 1.807) is 16.0 Å². The second-order valence-electron chi connectivity index (χ2n) is 7.19. The second-order valence-corrected chi connectivity index (χ2v) is 7.97. The van der Waals surface area contributed by atoms with Crippen LogP contribution in [0.15, 0.2) is 22.9 Å². The summed E-state index contributed by atoms with van der Waals surface area (Å²) in [4.78, 5) is 15.4. The molecule has 4 rings (SSSR count). The average molecular weight is 344 g/mol. The van der Waals surface area contributed by atoms with Crippen molar-refractivity contribution in [1.29, 1.82) is 0 Å². The Kier molecular flexibility index (Phi) is 3.96. The summed E-state index contributed by atoms with van der Waals surface area (Å²) < 4.78 is 1.72. The molecule has 128 valence electrons. The predicted octanol–water partition coefficient (Wildman–Crippen LogP) is 2.57. The van der Waals surface area contributed by atoms with E-state index in [1.807, 2.05) is 20.0 Å². The third kappa shape index (κ3) is 2.78. The van der Waals surface area contributed by atoms with E-state index in [1.165, 1.54) is 18.4 Å². The van der Waals surface area contributed by atoms with Crippen LogP contribution in [-0.4, -0.2) is 39.7 Å². The number of rotatable bonds is 4. The highest BCUT2D eigenvalue weighted by Crippen LogP contribution is 2.56. The van der Waals surface area contributed by atoms with Crippen molar-refractivity contribution >= 4 is 17.2 Å². The lowest BCUT2D eigenvalue weighted by Gasteiger charge is -2.29. The van der Waals surface area contributed by atoms with Gasteiger partial charge in [-0.1, -0.05) is 0 Å². The number of carbonyl (C=O) groups is 1. The number of aryl methyl sites for hydroxylation is 2. The summed E-state index contributed by atoms with van der Waals surface area (Å²) in [6.07, 6.45) is 3.49. The molecule has 1 saturated carbocycles. The number of hydrogen-bond acceptors (Lipinski definition) is 4. The molecule has 1 amide bonds. The first-order valence-corrected chi connectivity index (χ1v) is 9.57. The molecule has 0 aromatic carbocycles. The predicted molar refractivity (Wildman–Crippen MR) is 95.1 cm³/mol. The van der Waals surface area contributed by atoms with Crippen molar-refractivity contribution in [3.8, 4) is 0 Å². The fraction of sp³-hybridized carbons (Fsp3) is 0.556. The van der Waals surface area contributed by atoms with Gasteiger partial charge in [-0.25, -0.2) is 0 Å². The first-order valence-electron chi connectivity index (χ1n) is 8.62. The third-order valence-electron chi connectivity index (χ3n) is 5.54. The maximum absolute atomic E-state index is 13.3. The van der Waals surface area contributed by atoms with Gasteiger partial charge in [0.25, 0.3) is 5.91 Å². The zero-order chi connectivity index (χ0) is 16.7. The topological polar surface area (TPSA) is 50.2 Å². The lowest BCUT2D eigenvalue weighted by atomic mass is 9.93. The maximum Gasteiger partial charge on any atom is 0.272 e. The normalized spacial score (nSPS) is 21.8. The Morgan fingerprint density at radius 2 is 2.29 bits per heavy atom. The minimum atomic E-state index is 0.115. The van der Waals surface area contributed by atoms with Crippen molar-refractivity contribution in [2.24, 2.45) is 12.5 Å². The molecule has 0 bridgehead atoms. The van der Waals surface area contributed by atoms with Gasteiger partial charge in [-0.2, -0.15) is 16.4 Å². The van der Waals surface area contributed by atoms with Crippen molar-refractivity contribution < 1.29 is 4.79 Å². The standard InChI is InChI=1S/C18H24N4OS/c1-13-9-15(21(2)20-13)17(23)22(11-14-3-8-24-12-14)16-10-18(16)4-6-19-7-5-18/h3,8-9,12,16,19H,4-7,10-11H2,1-2H3. The number of thiophene rings is 1. The zero-order valence-electron chi connectivity index (χ0n) is 14.3. The Morgan fingerprint density at radius 1 is 1.50 bits per heavy atom. The smallest absolute Gasteiger partial charge is 0.272 e. The molecule has 1 spiro atoms. The van der Waals surface area contributed by atoms with Gasteiger partial charge in [-0.15, -0.1) is 0 Å². The quantitative estimate of drug-likeness (QED) is 0.927. The first-order chi connectivity index (χ1) is 11.6. The molecule has 1 N–H and O–H groups in total. The van der Waals surface area contributed by atoms with Crippen molar-refractivity contribution in [3.05, 3.63) is 39.8 Å². The Balaban J connectivity index is 1.61. The molecule has 5 nitrogen and oxygen atoms in total. The molecule has 2 fully saturated rings. The van der Waals surface area contributed by atoms with Crippen LogP contribution >= 0.6 is 11.3 Å². The molecule has 6 heteroatoms. The van der Waals surface area contributed by atoms with Gasteiger partial charge in [0.1, 0.15) is 5.69 Å². The summed E-state index contributed by atoms with van der Waals surface area (Å²) in [5.74, 6) is 0.115. The lowest BCUT2D eigenvalue weighted by molar-refractivity contribution is 0.0681. The number of hydrogen-bond donors (Lipinski definition) is 1. The molecular formula is C18H24N4OS. The van der Waals surface area contributed by atoms with Crippen molar-refractivity contribution in [2.45, 2.75) is 38.8 Å². The summed E-state index contributed by atoms with van der Waals surface area (Å²) in [7, 11) is 1.86. The van der Waals surface area contributed by atoms with E-state index in [2.05, 4.69) is 32.1 Å². The molecule has 3 heterocycles. The highest BCUT2D eigenvalue weighted by atomic mass is 32.1. The molecule has 2 aliphatic rings. The van der Waals surface area contributed by atoms with Gasteiger partial charge in [0.2, 0.25) is 0 Å². The highest BCUT2D eigenvalue weighted by molar-refractivity contribution is 7.07. The SMILES string of the molecule is Cc1cc(C(=O)N(Cc2ccsc2)C2CC23CCNCC3)n(C)n1. The molecule has 1 saturated heterocycles. The molecular weight excluding hydrogens is 320 g/mol. The van der Waals surface area contributed by atoms with Gasteiger partial charge in [-0.05, 0) is 73.1 Å². The van der Waals surface area contributed by atoms with Gasteiger partial charge in [0, 0.05) is 19.6 Å². The van der Waals surface area contributed by atoms with Gasteiger partial charge >= 0.3 is 0 Å². The van der Waals surface area contributed by atoms with Crippen LogP contribution in [0.4, 0.5) is 0 Å². The van der Waals surface area contributed by atoms with Crippen LogP contribution in [0.3, 0.4) is 0 Å². The van der Waals surface area contributed by atoms with Gasteiger partial charge in [-0.3, -0.25) is 9.48 Å². The monoisotopic (exact) mass is 344 g/mol. The van der Waals surface area contributed by atoms with Crippen molar-refractivity contribution in [1.82, 2.24) is 20.0 Å². The van der Waals surface area contributed by atoms with Crippen molar-refractivity contribution in [2.75, 3.05) is 13.1 Å². The first kappa shape index (κ1) is 15.8. The highest BCUT2D eigenvalue weighted by Gasteiger charge is 2.57. The van der Waals surface area contributed by atoms with Crippen molar-refractivity contribution in [3.63, 3.8) is 0 Å². The third-order valence-corrected chi connectivity index (χ3v) is 6.27. The zero-order valence-corrected chi connectivity index (χ0v) is 15.1. The van der Waals surface area contributed by atoms with Crippen LogP contribution < -0.4 is 5.32 Å². The summed E-state index contributed by atoms with van der Waals surface area (Å²) in [5.41, 5.74) is 3.15. The van der Waals surface area contributed by atoms with Crippen LogP contribution in [0.5, 0.6) is 0 Å². The molecule has 2 aromatic rings. The summed E-state index contributed by atoms with van der Waals surface area (Å²) in [6.45, 7) is 4.78. The van der Waals surface area contributed by atoms with Gasteiger partial charge in [0.15, 0.2) is 0 Å². The van der Waals surface area contributed by atoms with E-state index in [-0.39, 0.29) is 5.91 Å². The Hall–Kier alpha value is -1.66. The second kappa shape index (κ2) is 6.01. The molecule has 0 radical (unpaired) electrons. The minimum absolute atomic E-state index is 0.115. The fourth-order valence-corrected chi connectivity index (χ4v) is 4.75. The van der Waals surface area contributed by atoms with Crippen LogP contribution in [0, 0.1) is 12.3 Å². The van der Waals surface area contributed by atoms with E-state index in [0.29, 0.717) is 23.7 Å². The van der Waals surface area contributed by atoms with Gasteiger partial charge < -0.3 is 10.2 Å². The Bertz CT molecular complexity index is 730. The molecule has 1 aliphatic heterocycles. The molecule has 1 atom stereocenters. The van der Waals surface area contributed by atoms with E-state index >= 15 is 0 Å². The number of piperidine rings is 1.